The smallest absolute Gasteiger partial charge is 0.173 e. The summed E-state index contributed by atoms with van der Waals surface area (Å²) in [5.74, 6) is 0.846. The molecule has 0 amide bonds. The van der Waals surface area contributed by atoms with Crippen LogP contribution in [0.2, 0.25) is 4.34 Å². The fourth-order valence-corrected chi connectivity index (χ4v) is 4.07. The summed E-state index contributed by atoms with van der Waals surface area (Å²) in [7, 11) is 0. The number of hydrogen-bond acceptors (Lipinski definition) is 2. The summed E-state index contributed by atoms with van der Waals surface area (Å²) in [6, 6.07) is 1.85. The van der Waals surface area contributed by atoms with Crippen LogP contribution in [0.5, 0.6) is 0 Å². The molecule has 0 radical (unpaired) electrons. The predicted octanol–water partition coefficient (Wildman–Crippen LogP) is 5.71. The zero-order valence-corrected chi connectivity index (χ0v) is 12.8. The van der Waals surface area contributed by atoms with Crippen LogP contribution in [-0.2, 0) is 0 Å². The van der Waals surface area contributed by atoms with Crippen LogP contribution in [0.1, 0.15) is 54.6 Å². The summed E-state index contributed by atoms with van der Waals surface area (Å²) in [5.41, 5.74) is 0. The van der Waals surface area contributed by atoms with Crippen LogP contribution in [0.15, 0.2) is 10.5 Å². The lowest BCUT2D eigenvalue weighted by Crippen LogP contribution is -2.07. The first-order valence-corrected chi connectivity index (χ1v) is 8.13. The summed E-state index contributed by atoms with van der Waals surface area (Å²) in [6.45, 7) is 0. The minimum absolute atomic E-state index is 0.259. The van der Waals surface area contributed by atoms with Gasteiger partial charge in [-0.1, -0.05) is 50.1 Å². The first kappa shape index (κ1) is 13.6. The third-order valence-electron chi connectivity index (χ3n) is 3.37. The normalized spacial score (nSPS) is 18.0. The lowest BCUT2D eigenvalue weighted by atomic mass is 9.94. The maximum absolute atomic E-state index is 12.1. The summed E-state index contributed by atoms with van der Waals surface area (Å²) < 4.78 is 1.52. The van der Waals surface area contributed by atoms with Crippen molar-refractivity contribution in [3.63, 3.8) is 0 Å². The zero-order valence-electron chi connectivity index (χ0n) is 9.68. The van der Waals surface area contributed by atoms with Crippen molar-refractivity contribution in [2.45, 2.75) is 44.9 Å². The number of ketones is 1. The van der Waals surface area contributed by atoms with Gasteiger partial charge in [-0.2, -0.15) is 0 Å². The van der Waals surface area contributed by atoms with E-state index >= 15 is 0 Å². The Morgan fingerprint density at radius 3 is 2.53 bits per heavy atom. The highest BCUT2D eigenvalue weighted by Crippen LogP contribution is 2.34. The molecule has 0 spiro atoms. The molecule has 0 aromatic carbocycles. The van der Waals surface area contributed by atoms with Crippen molar-refractivity contribution in [2.24, 2.45) is 5.92 Å². The molecule has 0 bridgehead atoms. The van der Waals surface area contributed by atoms with Crippen molar-refractivity contribution >= 4 is 44.7 Å². The van der Waals surface area contributed by atoms with Gasteiger partial charge in [0, 0.05) is 10.9 Å². The lowest BCUT2D eigenvalue weighted by Gasteiger charge is -2.11. The van der Waals surface area contributed by atoms with Gasteiger partial charge in [-0.3, -0.25) is 4.79 Å². The zero-order chi connectivity index (χ0) is 12.3. The van der Waals surface area contributed by atoms with E-state index in [0.29, 0.717) is 16.7 Å². The molecule has 4 heteroatoms. The second kappa shape index (κ2) is 6.35. The van der Waals surface area contributed by atoms with E-state index in [2.05, 4.69) is 15.9 Å². The van der Waals surface area contributed by atoms with Gasteiger partial charge < -0.3 is 0 Å². The standard InChI is InChI=1S/C13H16BrClOS/c14-10-8-12(17-13(10)15)11(16)7-9-5-3-1-2-4-6-9/h8-9H,1-7H2. The highest BCUT2D eigenvalue weighted by atomic mass is 79.9. The van der Waals surface area contributed by atoms with Gasteiger partial charge in [-0.15, -0.1) is 11.3 Å². The second-order valence-corrected chi connectivity index (χ2v) is 7.23. The Bertz CT molecular complexity index is 375. The molecule has 1 heterocycles. The van der Waals surface area contributed by atoms with Crippen LogP contribution in [0.4, 0.5) is 0 Å². The molecular weight excluding hydrogens is 320 g/mol. The molecule has 1 aliphatic rings. The van der Waals surface area contributed by atoms with Gasteiger partial charge in [0.2, 0.25) is 0 Å². The van der Waals surface area contributed by atoms with E-state index in [1.54, 1.807) is 0 Å². The summed E-state index contributed by atoms with van der Waals surface area (Å²) in [5, 5.41) is 0. The van der Waals surface area contributed by atoms with Gasteiger partial charge in [-0.05, 0) is 27.9 Å². The molecule has 1 aliphatic carbocycles. The Hall–Kier alpha value is 0.140. The summed E-state index contributed by atoms with van der Waals surface area (Å²) in [6.07, 6.45) is 8.36. The molecule has 94 valence electrons. The topological polar surface area (TPSA) is 17.1 Å². The molecule has 0 unspecified atom stereocenters. The molecule has 0 aliphatic heterocycles. The van der Waals surface area contributed by atoms with Crippen molar-refractivity contribution in [1.82, 2.24) is 0 Å². The maximum Gasteiger partial charge on any atom is 0.173 e. The number of carbonyl (C=O) groups is 1. The molecule has 1 aromatic rings. The number of hydrogen-bond donors (Lipinski definition) is 0. The van der Waals surface area contributed by atoms with Gasteiger partial charge in [0.1, 0.15) is 4.34 Å². The van der Waals surface area contributed by atoms with Gasteiger partial charge >= 0.3 is 0 Å². The third-order valence-corrected chi connectivity index (χ3v) is 5.88. The highest BCUT2D eigenvalue weighted by molar-refractivity contribution is 9.10. The largest absolute Gasteiger partial charge is 0.293 e. The van der Waals surface area contributed by atoms with Gasteiger partial charge in [0.25, 0.3) is 0 Å². The molecule has 0 atom stereocenters. The van der Waals surface area contributed by atoms with Gasteiger partial charge in [-0.25, -0.2) is 0 Å². The first-order chi connectivity index (χ1) is 8.16. The van der Waals surface area contributed by atoms with E-state index in [-0.39, 0.29) is 5.78 Å². The Labute approximate surface area is 120 Å². The Morgan fingerprint density at radius 1 is 1.35 bits per heavy atom. The van der Waals surface area contributed by atoms with Gasteiger partial charge in [0.05, 0.1) is 4.88 Å². The summed E-state index contributed by atoms with van der Waals surface area (Å²) in [4.78, 5) is 12.9. The molecular formula is C13H16BrClOS. The maximum atomic E-state index is 12.1. The molecule has 2 rings (SSSR count). The molecule has 0 saturated heterocycles. The van der Waals surface area contributed by atoms with Crippen molar-refractivity contribution in [3.8, 4) is 0 Å². The van der Waals surface area contributed by atoms with E-state index in [0.717, 1.165) is 9.35 Å². The fourth-order valence-electron chi connectivity index (χ4n) is 2.41. The SMILES string of the molecule is O=C(CC1CCCCCC1)c1cc(Br)c(Cl)s1. The summed E-state index contributed by atoms with van der Waals surface area (Å²) >= 11 is 10.7. The van der Waals surface area contributed by atoms with Crippen molar-refractivity contribution in [2.75, 3.05) is 0 Å². The monoisotopic (exact) mass is 334 g/mol. The molecule has 0 N–H and O–H groups in total. The minimum atomic E-state index is 0.259. The van der Waals surface area contributed by atoms with Crippen LogP contribution < -0.4 is 0 Å². The van der Waals surface area contributed by atoms with E-state index in [4.69, 9.17) is 11.6 Å². The predicted molar refractivity (Wildman–Crippen MR) is 77.2 cm³/mol. The molecule has 1 nitrogen and oxygen atoms in total. The van der Waals surface area contributed by atoms with E-state index in [1.807, 2.05) is 6.07 Å². The molecule has 1 aromatic heterocycles. The average molecular weight is 336 g/mol. The number of carbonyl (C=O) groups excluding carboxylic acids is 1. The molecule has 1 saturated carbocycles. The Kier molecular flexibility index (Phi) is 5.07. The van der Waals surface area contributed by atoms with Crippen LogP contribution in [0.25, 0.3) is 0 Å². The number of halogens is 2. The minimum Gasteiger partial charge on any atom is -0.293 e. The lowest BCUT2D eigenvalue weighted by molar-refractivity contribution is 0.0961. The molecule has 17 heavy (non-hydrogen) atoms. The van der Waals surface area contributed by atoms with E-state index in [1.165, 1.54) is 49.9 Å². The number of rotatable bonds is 3. The fraction of sp³-hybridized carbons (Fsp3) is 0.615. The van der Waals surface area contributed by atoms with Crippen molar-refractivity contribution in [3.05, 3.63) is 19.8 Å². The molecule has 1 fully saturated rings. The average Bonchev–Trinajstić information content (AvgIpc) is 2.54. The quantitative estimate of drug-likeness (QED) is 0.511. The Morgan fingerprint density at radius 2 is 2.00 bits per heavy atom. The highest BCUT2D eigenvalue weighted by Gasteiger charge is 2.19. The van der Waals surface area contributed by atoms with Crippen LogP contribution >= 0.6 is 38.9 Å². The van der Waals surface area contributed by atoms with E-state index < -0.39 is 0 Å². The van der Waals surface area contributed by atoms with Crippen LogP contribution in [0.3, 0.4) is 0 Å². The second-order valence-electron chi connectivity index (χ2n) is 4.72. The van der Waals surface area contributed by atoms with Crippen LogP contribution in [0, 0.1) is 5.92 Å². The number of Topliss-reactive ketones (excluding diaryl/α,β-unsaturated/α-hetero) is 1. The van der Waals surface area contributed by atoms with Crippen molar-refractivity contribution in [1.29, 1.82) is 0 Å². The third kappa shape index (κ3) is 3.80. The van der Waals surface area contributed by atoms with E-state index in [9.17, 15) is 4.79 Å². The van der Waals surface area contributed by atoms with Crippen LogP contribution in [-0.4, -0.2) is 5.78 Å². The van der Waals surface area contributed by atoms with Gasteiger partial charge in [0.15, 0.2) is 5.78 Å². The Balaban J connectivity index is 1.95. The first-order valence-electron chi connectivity index (χ1n) is 6.15. The van der Waals surface area contributed by atoms with Crippen molar-refractivity contribution < 1.29 is 4.79 Å². The number of thiophene rings is 1.